The van der Waals surface area contributed by atoms with Crippen molar-refractivity contribution in [3.05, 3.63) is 30.2 Å². The van der Waals surface area contributed by atoms with Crippen molar-refractivity contribution < 1.29 is 19.1 Å². The number of hydrogen-bond donors (Lipinski definition) is 0. The number of thioether (sulfide) groups is 1. The normalized spacial score (nSPS) is 10.3. The van der Waals surface area contributed by atoms with Crippen molar-refractivity contribution in [2.75, 3.05) is 19.0 Å². The molecular formula is C14H16N4O4S. The zero-order valence-corrected chi connectivity index (χ0v) is 13.6. The van der Waals surface area contributed by atoms with Gasteiger partial charge in [0, 0.05) is 18.5 Å². The fourth-order valence-electron chi connectivity index (χ4n) is 1.62. The number of rotatable bonds is 7. The van der Waals surface area contributed by atoms with Crippen LogP contribution in [-0.4, -0.2) is 50.7 Å². The Hall–Kier alpha value is -2.42. The van der Waals surface area contributed by atoms with Crippen LogP contribution >= 0.6 is 11.8 Å². The molecule has 8 nitrogen and oxygen atoms in total. The fraction of sp³-hybridized carbons (Fsp3) is 0.357. The maximum absolute atomic E-state index is 11.6. The van der Waals surface area contributed by atoms with Crippen LogP contribution in [0.25, 0.3) is 5.82 Å². The lowest BCUT2D eigenvalue weighted by Gasteiger charge is -2.03. The molecule has 0 fully saturated rings. The molecule has 0 aromatic carbocycles. The molecule has 0 atom stereocenters. The third kappa shape index (κ3) is 4.78. The summed E-state index contributed by atoms with van der Waals surface area (Å²) in [4.78, 5) is 31.3. The Kier molecular flexibility index (Phi) is 6.10. The van der Waals surface area contributed by atoms with Crippen LogP contribution in [-0.2, 0) is 14.3 Å². The third-order valence-corrected chi connectivity index (χ3v) is 3.41. The van der Waals surface area contributed by atoms with Crippen molar-refractivity contribution in [3.8, 4) is 5.82 Å². The topological polar surface area (TPSA) is 96.2 Å². The maximum Gasteiger partial charge on any atom is 0.341 e. The zero-order valence-electron chi connectivity index (χ0n) is 12.8. The molecule has 0 aliphatic carbocycles. The first-order chi connectivity index (χ1) is 11.1. The maximum atomic E-state index is 11.6. The van der Waals surface area contributed by atoms with Crippen molar-refractivity contribution in [1.29, 1.82) is 0 Å². The molecule has 0 bridgehead atoms. The van der Waals surface area contributed by atoms with Gasteiger partial charge in [-0.25, -0.2) is 19.4 Å². The summed E-state index contributed by atoms with van der Waals surface area (Å²) in [6, 6.07) is 1.65. The summed E-state index contributed by atoms with van der Waals surface area (Å²) in [6.07, 6.45) is 4.49. The molecule has 0 unspecified atom stereocenters. The lowest BCUT2D eigenvalue weighted by molar-refractivity contribution is -0.139. The van der Waals surface area contributed by atoms with E-state index in [2.05, 4.69) is 15.1 Å². The van der Waals surface area contributed by atoms with E-state index in [1.165, 1.54) is 28.8 Å². The van der Waals surface area contributed by atoms with Gasteiger partial charge < -0.3 is 9.47 Å². The molecule has 2 rings (SSSR count). The molecule has 0 aliphatic heterocycles. The third-order valence-electron chi connectivity index (χ3n) is 2.57. The van der Waals surface area contributed by atoms with E-state index in [0.29, 0.717) is 29.8 Å². The Morgan fingerprint density at radius 2 is 2.04 bits per heavy atom. The minimum absolute atomic E-state index is 0.129. The van der Waals surface area contributed by atoms with E-state index in [9.17, 15) is 9.59 Å². The summed E-state index contributed by atoms with van der Waals surface area (Å²) in [7, 11) is 0. The first kappa shape index (κ1) is 16.9. The summed E-state index contributed by atoms with van der Waals surface area (Å²) in [5.74, 6) is -0.147. The summed E-state index contributed by atoms with van der Waals surface area (Å²) >= 11 is 1.17. The molecule has 0 radical (unpaired) electrons. The number of carbonyl (C=O) groups excluding carboxylic acids is 2. The standard InChI is InChI=1S/C14H16N4O4S/c1-3-21-12(19)9-23-14-15-6-5-11(17-14)18-8-10(7-16-18)13(20)22-4-2/h5-8H,3-4,9H2,1-2H3. The molecule has 0 aliphatic rings. The average molecular weight is 336 g/mol. The average Bonchev–Trinajstić information content (AvgIpc) is 3.04. The molecule has 2 aromatic rings. The first-order valence-corrected chi connectivity index (χ1v) is 7.96. The lowest BCUT2D eigenvalue weighted by atomic mass is 10.4. The molecule has 2 aromatic heterocycles. The summed E-state index contributed by atoms with van der Waals surface area (Å²) in [5.41, 5.74) is 0.339. The highest BCUT2D eigenvalue weighted by Crippen LogP contribution is 2.15. The van der Waals surface area contributed by atoms with E-state index in [1.54, 1.807) is 26.1 Å². The van der Waals surface area contributed by atoms with Gasteiger partial charge in [0.25, 0.3) is 0 Å². The number of ether oxygens (including phenoxy) is 2. The second-order valence-electron chi connectivity index (χ2n) is 4.19. The largest absolute Gasteiger partial charge is 0.465 e. The predicted octanol–water partition coefficient (Wildman–Crippen LogP) is 1.49. The number of carbonyl (C=O) groups is 2. The second kappa shape index (κ2) is 8.28. The number of esters is 2. The van der Waals surface area contributed by atoms with E-state index < -0.39 is 5.97 Å². The molecule has 0 saturated heterocycles. The van der Waals surface area contributed by atoms with Gasteiger partial charge in [-0.1, -0.05) is 11.8 Å². The van der Waals surface area contributed by atoms with Crippen LogP contribution in [0.3, 0.4) is 0 Å². The van der Waals surface area contributed by atoms with Gasteiger partial charge in [0.2, 0.25) is 0 Å². The molecular weight excluding hydrogens is 320 g/mol. The highest BCUT2D eigenvalue weighted by atomic mass is 32.2. The smallest absolute Gasteiger partial charge is 0.341 e. The van der Waals surface area contributed by atoms with Crippen LogP contribution in [0, 0.1) is 0 Å². The van der Waals surface area contributed by atoms with Crippen molar-refractivity contribution in [3.63, 3.8) is 0 Å². The molecule has 122 valence electrons. The zero-order chi connectivity index (χ0) is 16.7. The Bertz CT molecular complexity index is 689. The predicted molar refractivity (Wildman–Crippen MR) is 82.5 cm³/mol. The quantitative estimate of drug-likeness (QED) is 0.426. The SMILES string of the molecule is CCOC(=O)CSc1nccc(-n2cc(C(=O)OCC)cn2)n1. The van der Waals surface area contributed by atoms with Gasteiger partial charge in [0.05, 0.1) is 30.7 Å². The van der Waals surface area contributed by atoms with Crippen LogP contribution in [0.2, 0.25) is 0 Å². The van der Waals surface area contributed by atoms with Crippen molar-refractivity contribution in [1.82, 2.24) is 19.7 Å². The Labute approximate surface area is 137 Å². The highest BCUT2D eigenvalue weighted by molar-refractivity contribution is 7.99. The van der Waals surface area contributed by atoms with Gasteiger partial charge >= 0.3 is 11.9 Å². The summed E-state index contributed by atoms with van der Waals surface area (Å²) in [5, 5.41) is 4.50. The van der Waals surface area contributed by atoms with Gasteiger partial charge in [-0.2, -0.15) is 5.10 Å². The summed E-state index contributed by atoms with van der Waals surface area (Å²) < 4.78 is 11.2. The van der Waals surface area contributed by atoms with E-state index in [1.807, 2.05) is 0 Å². The molecule has 9 heteroatoms. The molecule has 23 heavy (non-hydrogen) atoms. The molecule has 2 heterocycles. The molecule has 0 amide bonds. The second-order valence-corrected chi connectivity index (χ2v) is 5.13. The minimum Gasteiger partial charge on any atom is -0.465 e. The lowest BCUT2D eigenvalue weighted by Crippen LogP contribution is -2.07. The van der Waals surface area contributed by atoms with Crippen molar-refractivity contribution in [2.24, 2.45) is 0 Å². The first-order valence-electron chi connectivity index (χ1n) is 6.97. The molecule has 0 N–H and O–H groups in total. The summed E-state index contributed by atoms with van der Waals surface area (Å²) in [6.45, 7) is 4.12. The minimum atomic E-state index is -0.440. The highest BCUT2D eigenvalue weighted by Gasteiger charge is 2.12. The van der Waals surface area contributed by atoms with Gasteiger partial charge in [-0.3, -0.25) is 4.79 Å². The van der Waals surface area contributed by atoms with Crippen LogP contribution in [0.1, 0.15) is 24.2 Å². The Balaban J connectivity index is 2.07. The van der Waals surface area contributed by atoms with E-state index >= 15 is 0 Å². The van der Waals surface area contributed by atoms with Crippen LogP contribution in [0.4, 0.5) is 0 Å². The number of aromatic nitrogens is 4. The Morgan fingerprint density at radius 1 is 1.26 bits per heavy atom. The van der Waals surface area contributed by atoms with Gasteiger partial charge in [-0.15, -0.1) is 0 Å². The van der Waals surface area contributed by atoms with Crippen LogP contribution in [0.5, 0.6) is 0 Å². The van der Waals surface area contributed by atoms with E-state index in [-0.39, 0.29) is 11.7 Å². The monoisotopic (exact) mass is 336 g/mol. The van der Waals surface area contributed by atoms with E-state index in [4.69, 9.17) is 9.47 Å². The molecule has 0 spiro atoms. The van der Waals surface area contributed by atoms with Crippen molar-refractivity contribution >= 4 is 23.7 Å². The fourth-order valence-corrected chi connectivity index (χ4v) is 2.25. The van der Waals surface area contributed by atoms with Gasteiger partial charge in [-0.05, 0) is 13.8 Å². The van der Waals surface area contributed by atoms with Crippen LogP contribution in [0.15, 0.2) is 29.8 Å². The number of hydrogen-bond acceptors (Lipinski definition) is 8. The van der Waals surface area contributed by atoms with E-state index in [0.717, 1.165) is 0 Å². The van der Waals surface area contributed by atoms with Gasteiger partial charge in [0.1, 0.15) is 0 Å². The number of nitrogens with zero attached hydrogens (tertiary/aromatic N) is 4. The van der Waals surface area contributed by atoms with Crippen molar-refractivity contribution in [2.45, 2.75) is 19.0 Å². The van der Waals surface area contributed by atoms with Gasteiger partial charge in [0.15, 0.2) is 11.0 Å². The molecule has 0 saturated carbocycles. The Morgan fingerprint density at radius 3 is 2.78 bits per heavy atom. The van der Waals surface area contributed by atoms with Crippen LogP contribution < -0.4 is 0 Å².